The minimum atomic E-state index is -0.974. The number of aromatic nitrogens is 2. The Morgan fingerprint density at radius 2 is 1.77 bits per heavy atom. The number of carboxylic acid groups (broad SMARTS) is 1. The quantitative estimate of drug-likeness (QED) is 0.541. The third-order valence-corrected chi connectivity index (χ3v) is 5.12. The first kappa shape index (κ1) is 22.0. The van der Waals surface area contributed by atoms with Crippen molar-refractivity contribution in [3.05, 3.63) is 94.2 Å². The monoisotopic (exact) mass is 418 g/mol. The molecule has 3 rings (SSSR count). The highest BCUT2D eigenvalue weighted by Crippen LogP contribution is 2.24. The molecule has 0 amide bonds. The van der Waals surface area contributed by atoms with Crippen molar-refractivity contribution < 1.29 is 14.7 Å². The second-order valence-corrected chi connectivity index (χ2v) is 7.32. The van der Waals surface area contributed by atoms with E-state index in [0.29, 0.717) is 31.4 Å². The van der Waals surface area contributed by atoms with Crippen LogP contribution in [0.3, 0.4) is 0 Å². The van der Waals surface area contributed by atoms with Crippen LogP contribution >= 0.6 is 0 Å². The largest absolute Gasteiger partial charge is 0.478 e. The molecule has 0 radical (unpaired) electrons. The van der Waals surface area contributed by atoms with Gasteiger partial charge in [0.25, 0.3) is 0 Å². The lowest BCUT2D eigenvalue weighted by atomic mass is 9.99. The standard InChI is InChI=1S/C25H26N2O4/c1-3-5-9-20-17-27(23(28)8-4-2)25(31)26(20)16-18-12-14-19(15-13-18)21-10-6-7-11-22(21)24(29)30/h3,5-7,10-15,17H,4,8-9,16H2,1-2H3,(H,29,30). The highest BCUT2D eigenvalue weighted by molar-refractivity contribution is 5.96. The van der Waals surface area contributed by atoms with Gasteiger partial charge in [0.05, 0.1) is 12.1 Å². The predicted octanol–water partition coefficient (Wildman–Crippen LogP) is 4.62. The zero-order chi connectivity index (χ0) is 22.4. The van der Waals surface area contributed by atoms with Gasteiger partial charge in [0.15, 0.2) is 0 Å². The second kappa shape index (κ2) is 9.89. The van der Waals surface area contributed by atoms with E-state index in [-0.39, 0.29) is 17.2 Å². The van der Waals surface area contributed by atoms with E-state index in [2.05, 4.69) is 0 Å². The molecule has 0 saturated carbocycles. The van der Waals surface area contributed by atoms with Gasteiger partial charge in [0.1, 0.15) is 0 Å². The minimum absolute atomic E-state index is 0.200. The van der Waals surface area contributed by atoms with Crippen LogP contribution in [0, 0.1) is 0 Å². The van der Waals surface area contributed by atoms with Gasteiger partial charge in [-0.05, 0) is 36.1 Å². The van der Waals surface area contributed by atoms with Gasteiger partial charge in [0.2, 0.25) is 5.91 Å². The SMILES string of the molecule is CC=CCc1cn(C(=O)CCC)c(=O)n1Cc1ccc(-c2ccccc2C(=O)O)cc1. The topological polar surface area (TPSA) is 81.3 Å². The molecule has 0 aliphatic rings. The summed E-state index contributed by atoms with van der Waals surface area (Å²) in [6.07, 6.45) is 7.06. The summed E-state index contributed by atoms with van der Waals surface area (Å²) < 4.78 is 2.83. The maximum absolute atomic E-state index is 12.9. The fourth-order valence-corrected chi connectivity index (χ4v) is 3.50. The highest BCUT2D eigenvalue weighted by atomic mass is 16.4. The van der Waals surface area contributed by atoms with Crippen LogP contribution in [-0.2, 0) is 13.0 Å². The van der Waals surface area contributed by atoms with E-state index in [4.69, 9.17) is 0 Å². The van der Waals surface area contributed by atoms with Crippen LogP contribution in [-0.4, -0.2) is 26.1 Å². The lowest BCUT2D eigenvalue weighted by Gasteiger charge is -2.09. The van der Waals surface area contributed by atoms with Gasteiger partial charge >= 0.3 is 11.7 Å². The van der Waals surface area contributed by atoms with Crippen molar-refractivity contribution in [3.8, 4) is 11.1 Å². The summed E-state index contributed by atoms with van der Waals surface area (Å²) in [6.45, 7) is 4.15. The number of hydrogen-bond donors (Lipinski definition) is 1. The van der Waals surface area contributed by atoms with Crippen molar-refractivity contribution in [2.24, 2.45) is 0 Å². The van der Waals surface area contributed by atoms with Crippen LogP contribution < -0.4 is 5.69 Å². The van der Waals surface area contributed by atoms with Gasteiger partial charge in [-0.3, -0.25) is 9.36 Å². The fraction of sp³-hybridized carbons (Fsp3) is 0.240. The molecule has 0 aliphatic heterocycles. The predicted molar refractivity (Wildman–Crippen MR) is 121 cm³/mol. The first-order chi connectivity index (χ1) is 15.0. The molecule has 6 heteroatoms. The van der Waals surface area contributed by atoms with Crippen molar-refractivity contribution in [1.82, 2.24) is 9.13 Å². The first-order valence-corrected chi connectivity index (χ1v) is 10.3. The summed E-state index contributed by atoms with van der Waals surface area (Å²) in [6, 6.07) is 14.3. The van der Waals surface area contributed by atoms with Crippen LogP contribution in [0.4, 0.5) is 0 Å². The molecule has 0 fully saturated rings. The number of carbonyl (C=O) groups is 2. The van der Waals surface area contributed by atoms with Gasteiger partial charge in [-0.2, -0.15) is 0 Å². The van der Waals surface area contributed by atoms with E-state index in [0.717, 1.165) is 16.8 Å². The Bertz CT molecular complexity index is 1170. The lowest BCUT2D eigenvalue weighted by Crippen LogP contribution is -2.29. The average Bonchev–Trinajstić information content (AvgIpc) is 3.08. The Morgan fingerprint density at radius 1 is 1.06 bits per heavy atom. The second-order valence-electron chi connectivity index (χ2n) is 7.32. The molecule has 0 saturated heterocycles. The van der Waals surface area contributed by atoms with E-state index in [1.807, 2.05) is 50.3 Å². The van der Waals surface area contributed by atoms with Gasteiger partial charge in [-0.25, -0.2) is 14.2 Å². The number of aromatic carboxylic acids is 1. The van der Waals surface area contributed by atoms with E-state index < -0.39 is 5.97 Å². The average molecular weight is 418 g/mol. The molecule has 1 N–H and O–H groups in total. The van der Waals surface area contributed by atoms with Crippen LogP contribution in [0.15, 0.2) is 71.7 Å². The summed E-state index contributed by atoms with van der Waals surface area (Å²) in [5.41, 5.74) is 3.00. The molecular formula is C25H26N2O4. The Hall–Kier alpha value is -3.67. The van der Waals surface area contributed by atoms with Crippen LogP contribution in [0.5, 0.6) is 0 Å². The molecule has 0 spiro atoms. The van der Waals surface area contributed by atoms with Crippen molar-refractivity contribution in [3.63, 3.8) is 0 Å². The summed E-state index contributed by atoms with van der Waals surface area (Å²) in [5.74, 6) is -1.17. The van der Waals surface area contributed by atoms with Crippen molar-refractivity contribution >= 4 is 11.9 Å². The molecule has 2 aromatic carbocycles. The smallest absolute Gasteiger partial charge is 0.336 e. The number of imidazole rings is 1. The molecule has 0 atom stereocenters. The van der Waals surface area contributed by atoms with Gasteiger partial charge < -0.3 is 5.11 Å². The number of allylic oxidation sites excluding steroid dienone is 2. The molecule has 31 heavy (non-hydrogen) atoms. The van der Waals surface area contributed by atoms with Crippen LogP contribution in [0.1, 0.15) is 53.1 Å². The maximum atomic E-state index is 12.9. The van der Waals surface area contributed by atoms with E-state index >= 15 is 0 Å². The van der Waals surface area contributed by atoms with Crippen LogP contribution in [0.25, 0.3) is 11.1 Å². The molecule has 1 aromatic heterocycles. The molecule has 0 unspecified atom stereocenters. The molecule has 1 heterocycles. The normalized spacial score (nSPS) is 11.2. The number of rotatable bonds is 8. The minimum Gasteiger partial charge on any atom is -0.478 e. The molecular weight excluding hydrogens is 392 g/mol. The Kier molecular flexibility index (Phi) is 7.03. The maximum Gasteiger partial charge on any atom is 0.336 e. The summed E-state index contributed by atoms with van der Waals surface area (Å²) in [5, 5.41) is 9.42. The number of benzene rings is 2. The number of carboxylic acids is 1. The fourth-order valence-electron chi connectivity index (χ4n) is 3.50. The zero-order valence-corrected chi connectivity index (χ0v) is 17.7. The lowest BCUT2D eigenvalue weighted by molar-refractivity contribution is 0.0697. The molecule has 3 aromatic rings. The van der Waals surface area contributed by atoms with E-state index in [1.165, 1.54) is 4.57 Å². The Balaban J connectivity index is 1.93. The number of nitrogens with zero attached hydrogens (tertiary/aromatic N) is 2. The summed E-state index contributed by atoms with van der Waals surface area (Å²) >= 11 is 0. The summed E-state index contributed by atoms with van der Waals surface area (Å²) in [4.78, 5) is 36.7. The third kappa shape index (κ3) is 4.91. The van der Waals surface area contributed by atoms with E-state index in [1.54, 1.807) is 35.0 Å². The van der Waals surface area contributed by atoms with Gasteiger partial charge in [-0.15, -0.1) is 0 Å². The van der Waals surface area contributed by atoms with Gasteiger partial charge in [-0.1, -0.05) is 61.5 Å². The van der Waals surface area contributed by atoms with Crippen molar-refractivity contribution in [1.29, 1.82) is 0 Å². The Labute approximate surface area is 181 Å². The first-order valence-electron chi connectivity index (χ1n) is 10.3. The highest BCUT2D eigenvalue weighted by Gasteiger charge is 2.16. The third-order valence-electron chi connectivity index (χ3n) is 5.12. The molecule has 160 valence electrons. The van der Waals surface area contributed by atoms with Crippen molar-refractivity contribution in [2.45, 2.75) is 39.7 Å². The Morgan fingerprint density at radius 3 is 2.42 bits per heavy atom. The van der Waals surface area contributed by atoms with Crippen molar-refractivity contribution in [2.75, 3.05) is 0 Å². The van der Waals surface area contributed by atoms with E-state index in [9.17, 15) is 19.5 Å². The number of hydrogen-bond acceptors (Lipinski definition) is 3. The number of carbonyl (C=O) groups excluding carboxylic acids is 1. The molecule has 0 bridgehead atoms. The molecule has 0 aliphatic carbocycles. The zero-order valence-electron chi connectivity index (χ0n) is 17.7. The van der Waals surface area contributed by atoms with Gasteiger partial charge in [0, 0.05) is 24.7 Å². The summed E-state index contributed by atoms with van der Waals surface area (Å²) in [7, 11) is 0. The molecule has 6 nitrogen and oxygen atoms in total. The van der Waals surface area contributed by atoms with Crippen LogP contribution in [0.2, 0.25) is 0 Å².